The van der Waals surface area contributed by atoms with Crippen molar-refractivity contribution < 1.29 is 32.6 Å². The topological polar surface area (TPSA) is 61.8 Å². The van der Waals surface area contributed by atoms with Crippen LogP contribution in [0.2, 0.25) is 0 Å². The molecule has 0 aliphatic heterocycles. The highest BCUT2D eigenvalue weighted by molar-refractivity contribution is 5.83. The number of hydrogen-bond donors (Lipinski definition) is 0. The Morgan fingerprint density at radius 3 is 2.25 bits per heavy atom. The van der Waals surface area contributed by atoms with Gasteiger partial charge in [0.1, 0.15) is 0 Å². The number of rotatable bonds is 9. The molecular formula is C17H28F2O5. The molecule has 1 aliphatic carbocycles. The maximum Gasteiger partial charge on any atom is 0.314 e. The lowest BCUT2D eigenvalue weighted by Gasteiger charge is -2.26. The van der Waals surface area contributed by atoms with Gasteiger partial charge in [-0.1, -0.05) is 26.2 Å². The highest BCUT2D eigenvalue weighted by Gasteiger charge is 2.37. The molecular weight excluding hydrogens is 322 g/mol. The monoisotopic (exact) mass is 350 g/mol. The van der Waals surface area contributed by atoms with Crippen LogP contribution in [0.25, 0.3) is 0 Å². The number of esters is 2. The van der Waals surface area contributed by atoms with Gasteiger partial charge in [0.25, 0.3) is 5.92 Å². The molecule has 1 rings (SSSR count). The third-order valence-electron chi connectivity index (χ3n) is 4.34. The Labute approximate surface area is 142 Å². The van der Waals surface area contributed by atoms with Crippen molar-refractivity contribution in [1.29, 1.82) is 0 Å². The summed E-state index contributed by atoms with van der Waals surface area (Å²) in [7, 11) is 0. The van der Waals surface area contributed by atoms with E-state index in [1.807, 2.05) is 0 Å². The SMILES string of the molecule is CCC(C)(CC(=O)OCC(C)(F)F)C(=O)OCOC1CCCCC1. The summed E-state index contributed by atoms with van der Waals surface area (Å²) in [5.41, 5.74) is -1.12. The fraction of sp³-hybridized carbons (Fsp3) is 0.882. The molecule has 1 atom stereocenters. The molecule has 0 aromatic heterocycles. The van der Waals surface area contributed by atoms with Gasteiger partial charge < -0.3 is 14.2 Å². The summed E-state index contributed by atoms with van der Waals surface area (Å²) in [6, 6.07) is 0. The van der Waals surface area contributed by atoms with Crippen molar-refractivity contribution in [3.05, 3.63) is 0 Å². The summed E-state index contributed by atoms with van der Waals surface area (Å²) in [6.45, 7) is 2.80. The van der Waals surface area contributed by atoms with Gasteiger partial charge in [-0.05, 0) is 26.2 Å². The second kappa shape index (κ2) is 9.30. The number of carbonyl (C=O) groups is 2. The Bertz CT molecular complexity index is 416. The molecule has 0 bridgehead atoms. The van der Waals surface area contributed by atoms with Crippen molar-refractivity contribution in [2.24, 2.45) is 5.41 Å². The molecule has 0 aromatic carbocycles. The van der Waals surface area contributed by atoms with Crippen LogP contribution < -0.4 is 0 Å². The standard InChI is InChI=1S/C17H28F2O5/c1-4-16(2,10-14(20)22-11-17(3,18)19)15(21)24-12-23-13-8-6-5-7-9-13/h13H,4-12H2,1-3H3. The zero-order chi connectivity index (χ0) is 18.2. The van der Waals surface area contributed by atoms with E-state index in [1.54, 1.807) is 13.8 Å². The Hall–Kier alpha value is -1.24. The van der Waals surface area contributed by atoms with E-state index >= 15 is 0 Å². The van der Waals surface area contributed by atoms with Crippen LogP contribution in [0.4, 0.5) is 8.78 Å². The predicted molar refractivity (Wildman–Crippen MR) is 83.5 cm³/mol. The van der Waals surface area contributed by atoms with E-state index in [2.05, 4.69) is 4.74 Å². The Kier molecular flexibility index (Phi) is 8.06. The van der Waals surface area contributed by atoms with E-state index in [0.717, 1.165) is 25.7 Å². The lowest BCUT2D eigenvalue weighted by molar-refractivity contribution is -0.178. The minimum atomic E-state index is -3.09. The second-order valence-electron chi connectivity index (χ2n) is 6.80. The average molecular weight is 350 g/mol. The van der Waals surface area contributed by atoms with Crippen molar-refractivity contribution in [1.82, 2.24) is 0 Å². The van der Waals surface area contributed by atoms with Gasteiger partial charge in [0.15, 0.2) is 13.4 Å². The molecule has 1 aliphatic rings. The van der Waals surface area contributed by atoms with Crippen molar-refractivity contribution in [3.63, 3.8) is 0 Å². The zero-order valence-electron chi connectivity index (χ0n) is 14.7. The van der Waals surface area contributed by atoms with Crippen molar-refractivity contribution in [2.45, 2.75) is 77.7 Å². The van der Waals surface area contributed by atoms with Gasteiger partial charge in [0.05, 0.1) is 17.9 Å². The van der Waals surface area contributed by atoms with Gasteiger partial charge >= 0.3 is 11.9 Å². The maximum absolute atomic E-state index is 12.7. The van der Waals surface area contributed by atoms with Crippen LogP contribution >= 0.6 is 0 Å². The summed E-state index contributed by atoms with van der Waals surface area (Å²) in [6.07, 6.45) is 5.47. The van der Waals surface area contributed by atoms with Crippen molar-refractivity contribution in [2.75, 3.05) is 13.4 Å². The molecule has 0 spiro atoms. The number of hydrogen-bond acceptors (Lipinski definition) is 5. The quantitative estimate of drug-likeness (QED) is 0.467. The minimum Gasteiger partial charge on any atom is -0.459 e. The number of halogens is 2. The molecule has 0 radical (unpaired) electrons. The van der Waals surface area contributed by atoms with Gasteiger partial charge in [-0.15, -0.1) is 0 Å². The van der Waals surface area contributed by atoms with Gasteiger partial charge in [0.2, 0.25) is 0 Å². The number of carbonyl (C=O) groups excluding carboxylic acids is 2. The molecule has 5 nitrogen and oxygen atoms in total. The molecule has 0 N–H and O–H groups in total. The van der Waals surface area contributed by atoms with Crippen LogP contribution in [0.1, 0.15) is 65.7 Å². The smallest absolute Gasteiger partial charge is 0.314 e. The van der Waals surface area contributed by atoms with Crippen molar-refractivity contribution in [3.8, 4) is 0 Å². The van der Waals surface area contributed by atoms with Gasteiger partial charge in [-0.2, -0.15) is 0 Å². The summed E-state index contributed by atoms with van der Waals surface area (Å²) in [5.74, 6) is -4.51. The first kappa shape index (κ1) is 20.8. The first-order valence-corrected chi connectivity index (χ1v) is 8.48. The number of alkyl halides is 2. The predicted octanol–water partition coefficient (Wildman–Crippen LogP) is 3.84. The molecule has 140 valence electrons. The van der Waals surface area contributed by atoms with E-state index < -0.39 is 29.9 Å². The summed E-state index contributed by atoms with van der Waals surface area (Å²) < 4.78 is 40.6. The van der Waals surface area contributed by atoms with E-state index in [-0.39, 0.29) is 19.3 Å². The molecule has 24 heavy (non-hydrogen) atoms. The summed E-state index contributed by atoms with van der Waals surface area (Å²) in [5, 5.41) is 0. The molecule has 0 aromatic rings. The third kappa shape index (κ3) is 7.55. The Morgan fingerprint density at radius 1 is 1.08 bits per heavy atom. The van der Waals surface area contributed by atoms with Gasteiger partial charge in [-0.25, -0.2) is 8.78 Å². The second-order valence-corrected chi connectivity index (χ2v) is 6.80. The molecule has 0 heterocycles. The molecule has 1 saturated carbocycles. The molecule has 0 amide bonds. The van der Waals surface area contributed by atoms with Crippen LogP contribution in [-0.4, -0.2) is 37.4 Å². The highest BCUT2D eigenvalue weighted by atomic mass is 19.3. The first-order chi connectivity index (χ1) is 11.2. The summed E-state index contributed by atoms with van der Waals surface area (Å²) >= 11 is 0. The van der Waals surface area contributed by atoms with Gasteiger partial charge in [0, 0.05) is 6.92 Å². The molecule has 1 unspecified atom stereocenters. The fourth-order valence-electron chi connectivity index (χ4n) is 2.51. The highest BCUT2D eigenvalue weighted by Crippen LogP contribution is 2.29. The van der Waals surface area contributed by atoms with Gasteiger partial charge in [-0.3, -0.25) is 9.59 Å². The van der Waals surface area contributed by atoms with E-state index in [9.17, 15) is 18.4 Å². The summed E-state index contributed by atoms with van der Waals surface area (Å²) in [4.78, 5) is 23.9. The van der Waals surface area contributed by atoms with Crippen LogP contribution in [0, 0.1) is 5.41 Å². The average Bonchev–Trinajstić information content (AvgIpc) is 2.53. The van der Waals surface area contributed by atoms with E-state index in [0.29, 0.717) is 13.3 Å². The number of ether oxygens (including phenoxy) is 3. The largest absolute Gasteiger partial charge is 0.459 e. The Morgan fingerprint density at radius 2 is 1.71 bits per heavy atom. The van der Waals surface area contributed by atoms with Crippen LogP contribution in [0.3, 0.4) is 0 Å². The normalized spacial score (nSPS) is 18.7. The van der Waals surface area contributed by atoms with E-state index in [4.69, 9.17) is 9.47 Å². The van der Waals surface area contributed by atoms with Crippen LogP contribution in [-0.2, 0) is 23.8 Å². The first-order valence-electron chi connectivity index (χ1n) is 8.48. The Balaban J connectivity index is 2.40. The lowest BCUT2D eigenvalue weighted by Crippen LogP contribution is -2.34. The molecule has 1 fully saturated rings. The van der Waals surface area contributed by atoms with E-state index in [1.165, 1.54) is 6.42 Å². The maximum atomic E-state index is 12.7. The molecule has 7 heteroatoms. The fourth-order valence-corrected chi connectivity index (χ4v) is 2.51. The lowest BCUT2D eigenvalue weighted by atomic mass is 9.84. The third-order valence-corrected chi connectivity index (χ3v) is 4.34. The van der Waals surface area contributed by atoms with Crippen molar-refractivity contribution >= 4 is 11.9 Å². The van der Waals surface area contributed by atoms with Crippen LogP contribution in [0.15, 0.2) is 0 Å². The molecule has 0 saturated heterocycles. The minimum absolute atomic E-state index is 0.108. The zero-order valence-corrected chi connectivity index (χ0v) is 14.7. The van der Waals surface area contributed by atoms with Crippen LogP contribution in [0.5, 0.6) is 0 Å².